The number of carbonyl (C=O) groups is 1. The molecule has 0 radical (unpaired) electrons. The number of aryl methyl sites for hydroxylation is 1. The normalized spacial score (nSPS) is 10.6. The van der Waals surface area contributed by atoms with Crippen LogP contribution in [0.4, 0.5) is 0 Å². The summed E-state index contributed by atoms with van der Waals surface area (Å²) >= 11 is 0. The van der Waals surface area contributed by atoms with E-state index in [1.165, 1.54) is 12.1 Å². The molecule has 1 aromatic carbocycles. The summed E-state index contributed by atoms with van der Waals surface area (Å²) in [6.45, 7) is 3.63. The number of nitrogens with zero attached hydrogens (tertiary/aromatic N) is 4. The standard InChI is InChI=1S/C17H16N4O4/c1-3-24-15(23)10-21-14(22)9-8-13(19-21)17-18-16(20-25-17)12-6-4-11(2)5-7-12/h4-9H,3,10H2,1-2H3. The summed E-state index contributed by atoms with van der Waals surface area (Å²) in [5.74, 6) is 0.0354. The Hall–Kier alpha value is -3.29. The SMILES string of the molecule is CCOC(=O)Cn1nc(-c2nc(-c3ccc(C)cc3)no2)ccc1=O. The van der Waals surface area contributed by atoms with E-state index < -0.39 is 11.5 Å². The van der Waals surface area contributed by atoms with Gasteiger partial charge in [0.15, 0.2) is 0 Å². The molecule has 0 aliphatic rings. The van der Waals surface area contributed by atoms with Crippen molar-refractivity contribution < 1.29 is 14.1 Å². The summed E-state index contributed by atoms with van der Waals surface area (Å²) in [5, 5.41) is 8.02. The first kappa shape index (κ1) is 16.6. The number of hydrogen-bond acceptors (Lipinski definition) is 7. The van der Waals surface area contributed by atoms with E-state index in [2.05, 4.69) is 15.2 Å². The number of carbonyl (C=O) groups excluding carboxylic acids is 1. The van der Waals surface area contributed by atoms with Crippen molar-refractivity contribution >= 4 is 5.97 Å². The zero-order valence-electron chi connectivity index (χ0n) is 13.8. The third-order valence-electron chi connectivity index (χ3n) is 3.41. The molecular weight excluding hydrogens is 324 g/mol. The van der Waals surface area contributed by atoms with Crippen LogP contribution in [0, 0.1) is 6.92 Å². The molecule has 25 heavy (non-hydrogen) atoms. The molecule has 0 unspecified atom stereocenters. The van der Waals surface area contributed by atoms with Gasteiger partial charge in [-0.3, -0.25) is 9.59 Å². The van der Waals surface area contributed by atoms with E-state index in [9.17, 15) is 9.59 Å². The van der Waals surface area contributed by atoms with Crippen molar-refractivity contribution in [2.24, 2.45) is 0 Å². The van der Waals surface area contributed by atoms with E-state index in [0.29, 0.717) is 11.5 Å². The maximum Gasteiger partial charge on any atom is 0.327 e. The monoisotopic (exact) mass is 340 g/mol. The van der Waals surface area contributed by atoms with Gasteiger partial charge in [-0.25, -0.2) is 4.68 Å². The molecule has 128 valence electrons. The highest BCUT2D eigenvalue weighted by molar-refractivity contribution is 5.69. The Labute approximate surface area is 143 Å². The highest BCUT2D eigenvalue weighted by atomic mass is 16.5. The average molecular weight is 340 g/mol. The summed E-state index contributed by atoms with van der Waals surface area (Å²) in [5.41, 5.74) is 1.81. The third kappa shape index (κ3) is 3.79. The number of esters is 1. The number of benzene rings is 1. The van der Waals surface area contributed by atoms with Crippen molar-refractivity contribution in [1.29, 1.82) is 0 Å². The molecule has 0 aliphatic heterocycles. The zero-order valence-corrected chi connectivity index (χ0v) is 13.8. The molecule has 0 saturated carbocycles. The van der Waals surface area contributed by atoms with Crippen molar-refractivity contribution in [2.75, 3.05) is 6.61 Å². The number of ether oxygens (including phenoxy) is 1. The maximum atomic E-state index is 11.8. The second kappa shape index (κ2) is 7.08. The lowest BCUT2D eigenvalue weighted by atomic mass is 10.1. The molecule has 3 rings (SSSR count). The van der Waals surface area contributed by atoms with E-state index in [-0.39, 0.29) is 19.0 Å². The Bertz CT molecular complexity index is 944. The topological polar surface area (TPSA) is 100 Å². The number of hydrogen-bond donors (Lipinski definition) is 0. The quantitative estimate of drug-likeness (QED) is 0.653. The lowest BCUT2D eigenvalue weighted by Crippen LogP contribution is -2.27. The lowest BCUT2D eigenvalue weighted by Gasteiger charge is -2.04. The van der Waals surface area contributed by atoms with Crippen molar-refractivity contribution in [1.82, 2.24) is 19.9 Å². The van der Waals surface area contributed by atoms with Gasteiger partial charge in [-0.2, -0.15) is 10.1 Å². The molecule has 0 amide bonds. The summed E-state index contributed by atoms with van der Waals surface area (Å²) in [6.07, 6.45) is 0. The van der Waals surface area contributed by atoms with E-state index in [1.807, 2.05) is 31.2 Å². The minimum Gasteiger partial charge on any atom is -0.465 e. The van der Waals surface area contributed by atoms with Gasteiger partial charge in [-0.15, -0.1) is 0 Å². The smallest absolute Gasteiger partial charge is 0.327 e. The molecule has 8 heteroatoms. The Morgan fingerprint density at radius 2 is 1.96 bits per heavy atom. The van der Waals surface area contributed by atoms with E-state index in [1.54, 1.807) is 6.92 Å². The van der Waals surface area contributed by atoms with E-state index in [0.717, 1.165) is 15.8 Å². The van der Waals surface area contributed by atoms with Gasteiger partial charge in [0.25, 0.3) is 11.4 Å². The molecule has 0 bridgehead atoms. The molecule has 0 atom stereocenters. The number of aromatic nitrogens is 4. The summed E-state index contributed by atoms with van der Waals surface area (Å²) < 4.78 is 11.1. The van der Waals surface area contributed by atoms with Crippen LogP contribution in [0.5, 0.6) is 0 Å². The van der Waals surface area contributed by atoms with Gasteiger partial charge >= 0.3 is 5.97 Å². The zero-order chi connectivity index (χ0) is 17.8. The largest absolute Gasteiger partial charge is 0.465 e. The Morgan fingerprint density at radius 1 is 1.20 bits per heavy atom. The minimum absolute atomic E-state index is 0.160. The van der Waals surface area contributed by atoms with Crippen LogP contribution >= 0.6 is 0 Å². The second-order valence-corrected chi connectivity index (χ2v) is 5.31. The van der Waals surface area contributed by atoms with Crippen LogP contribution in [-0.4, -0.2) is 32.5 Å². The van der Waals surface area contributed by atoms with Gasteiger partial charge in [0.05, 0.1) is 6.61 Å². The maximum absolute atomic E-state index is 11.8. The highest BCUT2D eigenvalue weighted by Gasteiger charge is 2.14. The van der Waals surface area contributed by atoms with Crippen molar-refractivity contribution in [3.8, 4) is 23.0 Å². The molecular formula is C17H16N4O4. The minimum atomic E-state index is -0.542. The first-order valence-corrected chi connectivity index (χ1v) is 7.71. The Kier molecular flexibility index (Phi) is 4.69. The van der Waals surface area contributed by atoms with Gasteiger partial charge in [-0.1, -0.05) is 35.0 Å². The molecule has 0 spiro atoms. The van der Waals surface area contributed by atoms with Gasteiger partial charge < -0.3 is 9.26 Å². The first-order chi connectivity index (χ1) is 12.1. The average Bonchev–Trinajstić information content (AvgIpc) is 3.08. The van der Waals surface area contributed by atoms with Gasteiger partial charge in [0.1, 0.15) is 12.2 Å². The predicted octanol–water partition coefficient (Wildman–Crippen LogP) is 1.83. The fraction of sp³-hybridized carbons (Fsp3) is 0.235. The van der Waals surface area contributed by atoms with Crippen LogP contribution in [0.15, 0.2) is 45.7 Å². The summed E-state index contributed by atoms with van der Waals surface area (Å²) in [6, 6.07) is 10.4. The molecule has 0 fully saturated rings. The molecule has 2 heterocycles. The van der Waals surface area contributed by atoms with E-state index in [4.69, 9.17) is 9.26 Å². The van der Waals surface area contributed by atoms with Crippen LogP contribution < -0.4 is 5.56 Å². The Balaban J connectivity index is 1.88. The van der Waals surface area contributed by atoms with Gasteiger partial charge in [-0.05, 0) is 19.9 Å². The third-order valence-corrected chi connectivity index (χ3v) is 3.41. The van der Waals surface area contributed by atoms with Gasteiger partial charge in [0, 0.05) is 11.6 Å². The first-order valence-electron chi connectivity index (χ1n) is 7.71. The molecule has 0 saturated heterocycles. The number of rotatable bonds is 5. The Morgan fingerprint density at radius 3 is 2.68 bits per heavy atom. The van der Waals surface area contributed by atoms with Crippen molar-refractivity contribution in [3.05, 3.63) is 52.3 Å². The fourth-order valence-corrected chi connectivity index (χ4v) is 2.15. The van der Waals surface area contributed by atoms with Crippen LogP contribution in [-0.2, 0) is 16.1 Å². The highest BCUT2D eigenvalue weighted by Crippen LogP contribution is 2.20. The van der Waals surface area contributed by atoms with Crippen LogP contribution in [0.25, 0.3) is 23.0 Å². The van der Waals surface area contributed by atoms with Crippen LogP contribution in [0.2, 0.25) is 0 Å². The molecule has 2 aromatic heterocycles. The molecule has 0 N–H and O–H groups in total. The van der Waals surface area contributed by atoms with Crippen LogP contribution in [0.1, 0.15) is 12.5 Å². The second-order valence-electron chi connectivity index (χ2n) is 5.31. The van der Waals surface area contributed by atoms with Crippen molar-refractivity contribution in [3.63, 3.8) is 0 Å². The summed E-state index contributed by atoms with van der Waals surface area (Å²) in [7, 11) is 0. The predicted molar refractivity (Wildman–Crippen MR) is 88.6 cm³/mol. The molecule has 8 nitrogen and oxygen atoms in total. The molecule has 3 aromatic rings. The van der Waals surface area contributed by atoms with E-state index >= 15 is 0 Å². The van der Waals surface area contributed by atoms with Crippen molar-refractivity contribution in [2.45, 2.75) is 20.4 Å². The summed E-state index contributed by atoms with van der Waals surface area (Å²) in [4.78, 5) is 27.7. The fourth-order valence-electron chi connectivity index (χ4n) is 2.15. The molecule has 0 aliphatic carbocycles. The lowest BCUT2D eigenvalue weighted by molar-refractivity contribution is -0.144. The van der Waals surface area contributed by atoms with Crippen LogP contribution in [0.3, 0.4) is 0 Å². The van der Waals surface area contributed by atoms with Gasteiger partial charge in [0.2, 0.25) is 5.82 Å².